The van der Waals surface area contributed by atoms with Gasteiger partial charge in [-0.05, 0) is 48.7 Å². The highest BCUT2D eigenvalue weighted by Gasteiger charge is 2.48. The van der Waals surface area contributed by atoms with Crippen LogP contribution in [0.2, 0.25) is 0 Å². The molecule has 4 nitrogen and oxygen atoms in total. The average molecular weight is 460 g/mol. The summed E-state index contributed by atoms with van der Waals surface area (Å²) in [7, 11) is 0. The lowest BCUT2D eigenvalue weighted by Gasteiger charge is -2.47. The van der Waals surface area contributed by atoms with E-state index < -0.39 is 0 Å². The van der Waals surface area contributed by atoms with E-state index in [0.29, 0.717) is 19.4 Å². The maximum atomic E-state index is 12.9. The Balaban J connectivity index is 0.000000970. The lowest BCUT2D eigenvalue weighted by molar-refractivity contribution is -0.131. The van der Waals surface area contributed by atoms with Gasteiger partial charge in [0.15, 0.2) is 0 Å². The van der Waals surface area contributed by atoms with E-state index in [0.717, 1.165) is 22.6 Å². The van der Waals surface area contributed by atoms with Gasteiger partial charge in [0.2, 0.25) is 5.91 Å². The fourth-order valence-corrected chi connectivity index (χ4v) is 3.95. The first kappa shape index (κ1) is 26.8. The molecule has 1 aliphatic heterocycles. The highest BCUT2D eigenvalue weighted by Crippen LogP contribution is 2.45. The molecule has 3 aromatic rings. The van der Waals surface area contributed by atoms with Gasteiger partial charge in [-0.3, -0.25) is 4.79 Å². The fraction of sp³-hybridized carbons (Fsp3) is 0.333. The molecule has 1 saturated heterocycles. The van der Waals surface area contributed by atoms with Crippen molar-refractivity contribution >= 4 is 17.4 Å². The number of para-hydroxylation sites is 1. The van der Waals surface area contributed by atoms with Crippen LogP contribution < -0.4 is 9.64 Å². The van der Waals surface area contributed by atoms with Gasteiger partial charge >= 0.3 is 0 Å². The van der Waals surface area contributed by atoms with Crippen molar-refractivity contribution in [1.29, 1.82) is 0 Å². The van der Waals surface area contributed by atoms with Crippen LogP contribution >= 0.6 is 0 Å². The van der Waals surface area contributed by atoms with Crippen LogP contribution in [0, 0.1) is 5.92 Å². The molecule has 1 fully saturated rings. The standard InChI is InChI=1S/C26H25NO3.2C2H6/c1-19(28)12-17-24-25(27(26(24)29)22-10-6-3-7-11-22)21-13-15-23(16-14-21)30-18-20-8-4-2-5-9-20;2*1-2/h2-11,13-16,24-25H,12,17-18H2,1H3;2*1-2H3. The second-order valence-electron chi connectivity index (χ2n) is 7.68. The number of Topliss-reactive ketones (excluding diaryl/α,β-unsaturated/α-hetero) is 1. The summed E-state index contributed by atoms with van der Waals surface area (Å²) >= 11 is 0. The number of amides is 1. The largest absolute Gasteiger partial charge is 0.489 e. The van der Waals surface area contributed by atoms with Gasteiger partial charge in [0.05, 0.1) is 12.0 Å². The van der Waals surface area contributed by atoms with Crippen molar-refractivity contribution in [2.75, 3.05) is 4.90 Å². The van der Waals surface area contributed by atoms with Gasteiger partial charge in [0, 0.05) is 12.1 Å². The molecule has 0 aliphatic carbocycles. The number of benzene rings is 3. The summed E-state index contributed by atoms with van der Waals surface area (Å²) in [5, 5.41) is 0. The molecule has 0 N–H and O–H groups in total. The molecule has 0 aromatic heterocycles. The van der Waals surface area contributed by atoms with Gasteiger partial charge in [-0.25, -0.2) is 0 Å². The molecule has 4 heteroatoms. The van der Waals surface area contributed by atoms with Crippen LogP contribution in [0.25, 0.3) is 0 Å². The third kappa shape index (κ3) is 6.80. The van der Waals surface area contributed by atoms with Gasteiger partial charge in [-0.15, -0.1) is 0 Å². The van der Waals surface area contributed by atoms with Crippen molar-refractivity contribution in [2.24, 2.45) is 5.92 Å². The first-order chi connectivity index (χ1) is 16.6. The topological polar surface area (TPSA) is 46.6 Å². The normalized spacial score (nSPS) is 16.3. The van der Waals surface area contributed by atoms with Crippen molar-refractivity contribution < 1.29 is 14.3 Å². The highest BCUT2D eigenvalue weighted by molar-refractivity contribution is 6.03. The van der Waals surface area contributed by atoms with Crippen molar-refractivity contribution in [3.8, 4) is 5.75 Å². The van der Waals surface area contributed by atoms with Gasteiger partial charge in [0.1, 0.15) is 18.1 Å². The molecule has 1 heterocycles. The van der Waals surface area contributed by atoms with Crippen LogP contribution in [-0.2, 0) is 16.2 Å². The zero-order chi connectivity index (χ0) is 24.9. The molecule has 2 unspecified atom stereocenters. The Kier molecular flexibility index (Phi) is 11.0. The lowest BCUT2D eigenvalue weighted by Crippen LogP contribution is -2.55. The van der Waals surface area contributed by atoms with Gasteiger partial charge < -0.3 is 14.4 Å². The van der Waals surface area contributed by atoms with E-state index in [4.69, 9.17) is 4.74 Å². The number of ether oxygens (including phenoxy) is 1. The van der Waals surface area contributed by atoms with E-state index in [-0.39, 0.29) is 23.7 Å². The molecule has 2 atom stereocenters. The minimum atomic E-state index is -0.176. The number of β-lactam (4-membered cyclic amide) rings is 1. The predicted molar refractivity (Wildman–Crippen MR) is 140 cm³/mol. The van der Waals surface area contributed by atoms with E-state index in [1.807, 2.05) is 118 Å². The Labute approximate surface area is 204 Å². The van der Waals surface area contributed by atoms with Crippen LogP contribution in [-0.4, -0.2) is 11.7 Å². The maximum absolute atomic E-state index is 12.9. The van der Waals surface area contributed by atoms with E-state index >= 15 is 0 Å². The number of rotatable bonds is 8. The minimum Gasteiger partial charge on any atom is -0.489 e. The summed E-state index contributed by atoms with van der Waals surface area (Å²) < 4.78 is 5.89. The Morgan fingerprint density at radius 3 is 1.94 bits per heavy atom. The fourth-order valence-electron chi connectivity index (χ4n) is 3.95. The third-order valence-electron chi connectivity index (χ3n) is 5.53. The van der Waals surface area contributed by atoms with Crippen LogP contribution in [0.5, 0.6) is 5.75 Å². The van der Waals surface area contributed by atoms with Crippen molar-refractivity contribution in [3.63, 3.8) is 0 Å². The molecule has 0 bridgehead atoms. The molecule has 4 rings (SSSR count). The first-order valence-electron chi connectivity index (χ1n) is 12.3. The Morgan fingerprint density at radius 2 is 1.38 bits per heavy atom. The smallest absolute Gasteiger partial charge is 0.233 e. The number of nitrogens with zero attached hydrogens (tertiary/aromatic N) is 1. The van der Waals surface area contributed by atoms with Crippen LogP contribution in [0.4, 0.5) is 5.69 Å². The number of anilines is 1. The molecule has 0 spiro atoms. The second kappa shape index (κ2) is 14.0. The van der Waals surface area contributed by atoms with Crippen molar-refractivity contribution in [2.45, 2.75) is 60.1 Å². The zero-order valence-electron chi connectivity index (χ0n) is 21.0. The molecule has 34 heavy (non-hydrogen) atoms. The van der Waals surface area contributed by atoms with Crippen molar-refractivity contribution in [3.05, 3.63) is 96.1 Å². The summed E-state index contributed by atoms with van der Waals surface area (Å²) in [5.74, 6) is 0.811. The molecule has 1 aliphatic rings. The zero-order valence-corrected chi connectivity index (χ0v) is 21.0. The van der Waals surface area contributed by atoms with E-state index in [2.05, 4.69) is 0 Å². The van der Waals surface area contributed by atoms with Gasteiger partial charge in [-0.1, -0.05) is 88.4 Å². The van der Waals surface area contributed by atoms with Crippen molar-refractivity contribution in [1.82, 2.24) is 0 Å². The molecule has 180 valence electrons. The number of carbonyl (C=O) groups excluding carboxylic acids is 2. The summed E-state index contributed by atoms with van der Waals surface area (Å²) in [4.78, 5) is 26.2. The second-order valence-corrected chi connectivity index (χ2v) is 7.68. The third-order valence-corrected chi connectivity index (χ3v) is 5.53. The Bertz CT molecular complexity index is 1000. The highest BCUT2D eigenvalue weighted by atomic mass is 16.5. The van der Waals surface area contributed by atoms with Crippen LogP contribution in [0.15, 0.2) is 84.9 Å². The van der Waals surface area contributed by atoms with E-state index in [1.165, 1.54) is 0 Å². The molecular weight excluding hydrogens is 422 g/mol. The monoisotopic (exact) mass is 459 g/mol. The van der Waals surface area contributed by atoms with E-state index in [9.17, 15) is 9.59 Å². The average Bonchev–Trinajstić information content (AvgIpc) is 2.90. The lowest BCUT2D eigenvalue weighted by atomic mass is 9.78. The predicted octanol–water partition coefficient (Wildman–Crippen LogP) is 7.39. The number of ketones is 1. The Hall–Kier alpha value is -3.40. The number of hydrogen-bond acceptors (Lipinski definition) is 3. The maximum Gasteiger partial charge on any atom is 0.233 e. The molecule has 0 saturated carbocycles. The van der Waals surface area contributed by atoms with Crippen LogP contribution in [0.1, 0.15) is 64.6 Å². The minimum absolute atomic E-state index is 0.0672. The molecular formula is C30H37NO3. The Morgan fingerprint density at radius 1 is 0.824 bits per heavy atom. The SMILES string of the molecule is CC.CC.CC(=O)CCC1C(=O)N(c2ccccc2)C1c1ccc(OCc2ccccc2)cc1. The summed E-state index contributed by atoms with van der Waals surface area (Å²) in [6.07, 6.45) is 1.00. The molecule has 0 radical (unpaired) electrons. The van der Waals surface area contributed by atoms with Gasteiger partial charge in [-0.2, -0.15) is 0 Å². The first-order valence-corrected chi connectivity index (χ1v) is 12.3. The number of hydrogen-bond donors (Lipinski definition) is 0. The summed E-state index contributed by atoms with van der Waals surface area (Å²) in [6.45, 7) is 10.1. The quantitative estimate of drug-likeness (QED) is 0.330. The number of carbonyl (C=O) groups is 2. The molecule has 3 aromatic carbocycles. The van der Waals surface area contributed by atoms with Crippen LogP contribution in [0.3, 0.4) is 0 Å². The van der Waals surface area contributed by atoms with Gasteiger partial charge in [0.25, 0.3) is 0 Å². The summed E-state index contributed by atoms with van der Waals surface area (Å²) in [6, 6.07) is 27.6. The molecule has 1 amide bonds. The summed E-state index contributed by atoms with van der Waals surface area (Å²) in [5.41, 5.74) is 3.06. The van der Waals surface area contributed by atoms with E-state index in [1.54, 1.807) is 6.92 Å².